The zero-order valence-corrected chi connectivity index (χ0v) is 26.2. The molecule has 2 aromatic rings. The Kier molecular flexibility index (Phi) is 11.2. The van der Waals surface area contributed by atoms with Crippen molar-refractivity contribution in [3.63, 3.8) is 0 Å². The van der Waals surface area contributed by atoms with E-state index >= 15 is 0 Å². The third-order valence-corrected chi connectivity index (χ3v) is 8.53. The fourth-order valence-corrected chi connectivity index (χ4v) is 6.30. The number of hydrogen-bond donors (Lipinski definition) is 2. The van der Waals surface area contributed by atoms with Gasteiger partial charge in [0.2, 0.25) is 5.91 Å². The lowest BCUT2D eigenvalue weighted by molar-refractivity contribution is -0.121. The van der Waals surface area contributed by atoms with Crippen LogP contribution < -0.4 is 10.2 Å². The summed E-state index contributed by atoms with van der Waals surface area (Å²) in [6.45, 7) is 15.5. The molecule has 5 atom stereocenters. The molecular formula is C30H44Cl2FN5O3. The van der Waals surface area contributed by atoms with E-state index in [-0.39, 0.29) is 47.7 Å². The molecule has 3 aliphatic rings. The van der Waals surface area contributed by atoms with Crippen LogP contribution in [-0.4, -0.2) is 95.9 Å². The molecule has 3 aliphatic heterocycles. The molecule has 1 aromatic carbocycles. The van der Waals surface area contributed by atoms with Crippen LogP contribution >= 0.6 is 24.8 Å². The Morgan fingerprint density at radius 2 is 1.88 bits per heavy atom. The van der Waals surface area contributed by atoms with Gasteiger partial charge in [0.15, 0.2) is 0 Å². The summed E-state index contributed by atoms with van der Waals surface area (Å²) in [6, 6.07) is 9.18. The second-order valence-corrected chi connectivity index (χ2v) is 12.2. The SMILES string of the molecule is C[C@@H]1CN(CC(=O)N2CC(C)(C)c3ncc([C@H](O)c4ccccc4F)cc32)[C@@H](CN2[C@H](C)COC[C@H]2C)CN1.Cl.Cl. The van der Waals surface area contributed by atoms with E-state index in [1.165, 1.54) is 6.07 Å². The van der Waals surface area contributed by atoms with Crippen LogP contribution in [-0.2, 0) is 14.9 Å². The monoisotopic (exact) mass is 611 g/mol. The molecule has 2 fully saturated rings. The smallest absolute Gasteiger partial charge is 0.241 e. The van der Waals surface area contributed by atoms with Crippen molar-refractivity contribution in [1.29, 1.82) is 0 Å². The number of aliphatic hydroxyl groups excluding tert-OH is 1. The molecule has 1 aromatic heterocycles. The maximum atomic E-state index is 14.4. The van der Waals surface area contributed by atoms with Gasteiger partial charge in [0.1, 0.15) is 11.9 Å². The minimum Gasteiger partial charge on any atom is -0.383 e. The Morgan fingerprint density at radius 3 is 2.56 bits per heavy atom. The van der Waals surface area contributed by atoms with Gasteiger partial charge < -0.3 is 20.1 Å². The predicted octanol–water partition coefficient (Wildman–Crippen LogP) is 3.54. The third-order valence-electron chi connectivity index (χ3n) is 8.53. The number of anilines is 1. The number of halogens is 3. The fraction of sp³-hybridized carbons (Fsp3) is 0.600. The average molecular weight is 613 g/mol. The van der Waals surface area contributed by atoms with Crippen LogP contribution in [0, 0.1) is 5.82 Å². The normalized spacial score (nSPS) is 27.0. The zero-order chi connectivity index (χ0) is 27.9. The first-order chi connectivity index (χ1) is 18.5. The van der Waals surface area contributed by atoms with E-state index in [4.69, 9.17) is 4.74 Å². The number of hydrogen-bond acceptors (Lipinski definition) is 7. The minimum absolute atomic E-state index is 0. The number of rotatable bonds is 6. The highest BCUT2D eigenvalue weighted by Crippen LogP contribution is 2.41. The van der Waals surface area contributed by atoms with Gasteiger partial charge in [-0.1, -0.05) is 32.0 Å². The number of ether oxygens (including phenoxy) is 1. The number of amides is 1. The van der Waals surface area contributed by atoms with Crippen molar-refractivity contribution >= 4 is 36.4 Å². The van der Waals surface area contributed by atoms with E-state index < -0.39 is 11.9 Å². The zero-order valence-electron chi connectivity index (χ0n) is 24.5. The summed E-state index contributed by atoms with van der Waals surface area (Å²) in [4.78, 5) is 25.2. The van der Waals surface area contributed by atoms with Crippen LogP contribution in [0.3, 0.4) is 0 Å². The molecule has 2 saturated heterocycles. The van der Waals surface area contributed by atoms with E-state index in [2.05, 4.69) is 54.7 Å². The number of nitrogens with one attached hydrogen (secondary N) is 1. The predicted molar refractivity (Wildman–Crippen MR) is 164 cm³/mol. The molecule has 2 N–H and O–H groups in total. The molecule has 0 bridgehead atoms. The summed E-state index contributed by atoms with van der Waals surface area (Å²) in [7, 11) is 0. The van der Waals surface area contributed by atoms with Crippen molar-refractivity contribution in [3.8, 4) is 0 Å². The van der Waals surface area contributed by atoms with Crippen LogP contribution in [0.1, 0.15) is 57.5 Å². The van der Waals surface area contributed by atoms with Crippen molar-refractivity contribution in [2.45, 2.75) is 70.3 Å². The van der Waals surface area contributed by atoms with Crippen molar-refractivity contribution in [1.82, 2.24) is 20.1 Å². The van der Waals surface area contributed by atoms with Gasteiger partial charge in [-0.25, -0.2) is 4.39 Å². The Labute approximate surface area is 255 Å². The highest BCUT2D eigenvalue weighted by molar-refractivity contribution is 5.97. The highest BCUT2D eigenvalue weighted by atomic mass is 35.5. The van der Waals surface area contributed by atoms with Gasteiger partial charge in [-0.05, 0) is 32.9 Å². The average Bonchev–Trinajstić information content (AvgIpc) is 3.17. The Hall–Kier alpha value is -1.85. The van der Waals surface area contributed by atoms with Gasteiger partial charge in [0.05, 0.1) is 31.1 Å². The molecule has 11 heteroatoms. The molecule has 41 heavy (non-hydrogen) atoms. The Bertz CT molecular complexity index is 1190. The van der Waals surface area contributed by atoms with Crippen molar-refractivity contribution < 1.29 is 19.0 Å². The molecule has 4 heterocycles. The number of morpholine rings is 1. The maximum absolute atomic E-state index is 14.4. The first-order valence-electron chi connectivity index (χ1n) is 14.1. The lowest BCUT2D eigenvalue weighted by atomic mass is 9.90. The molecule has 0 aliphatic carbocycles. The first-order valence-corrected chi connectivity index (χ1v) is 14.1. The van der Waals surface area contributed by atoms with Gasteiger partial charge in [0.25, 0.3) is 0 Å². The summed E-state index contributed by atoms with van der Waals surface area (Å²) in [5, 5.41) is 14.6. The summed E-state index contributed by atoms with van der Waals surface area (Å²) < 4.78 is 20.1. The summed E-state index contributed by atoms with van der Waals surface area (Å²) in [6.07, 6.45) is 0.435. The first kappa shape index (κ1) is 33.6. The fourth-order valence-electron chi connectivity index (χ4n) is 6.30. The number of aliphatic hydroxyl groups is 1. The van der Waals surface area contributed by atoms with Crippen LogP contribution in [0.2, 0.25) is 0 Å². The molecule has 0 unspecified atom stereocenters. The summed E-state index contributed by atoms with van der Waals surface area (Å²) in [5.74, 6) is -0.454. The number of benzene rings is 1. The van der Waals surface area contributed by atoms with Crippen molar-refractivity contribution in [3.05, 3.63) is 59.2 Å². The number of pyridine rings is 1. The molecule has 5 rings (SSSR count). The van der Waals surface area contributed by atoms with Crippen LogP contribution in [0.5, 0.6) is 0 Å². The second-order valence-electron chi connectivity index (χ2n) is 12.2. The molecule has 1 amide bonds. The van der Waals surface area contributed by atoms with Crippen LogP contribution in [0.15, 0.2) is 36.5 Å². The lowest BCUT2D eigenvalue weighted by Crippen LogP contribution is -2.63. The topological polar surface area (TPSA) is 81.2 Å². The van der Waals surface area contributed by atoms with E-state index in [1.807, 2.05) is 4.90 Å². The summed E-state index contributed by atoms with van der Waals surface area (Å²) in [5.41, 5.74) is 1.85. The molecule has 0 radical (unpaired) electrons. The van der Waals surface area contributed by atoms with E-state index in [0.29, 0.717) is 42.5 Å². The molecule has 0 spiro atoms. The molecule has 228 valence electrons. The maximum Gasteiger partial charge on any atom is 0.241 e. The quantitative estimate of drug-likeness (QED) is 0.517. The van der Waals surface area contributed by atoms with Gasteiger partial charge in [0, 0.05) is 73.1 Å². The van der Waals surface area contributed by atoms with Crippen LogP contribution in [0.25, 0.3) is 0 Å². The standard InChI is InChI=1S/C30H42FN5O3.2ClH/c1-19-13-34(23(12-32-19)14-35-20(2)16-39-17-21(35)3)15-27(37)36-18-30(4,5)29-26(36)10-22(11-33-29)28(38)24-8-6-7-9-25(24)31;;/h6-11,19-21,23,28,32,38H,12-18H2,1-5H3;2*1H/t19-,20-,21-,23-,28+;;/m1../s1. The minimum atomic E-state index is -1.17. The highest BCUT2D eigenvalue weighted by Gasteiger charge is 2.41. The van der Waals surface area contributed by atoms with E-state index in [0.717, 1.165) is 38.5 Å². The van der Waals surface area contributed by atoms with Crippen molar-refractivity contribution in [2.75, 3.05) is 50.8 Å². The second kappa shape index (κ2) is 13.6. The van der Waals surface area contributed by atoms with E-state index in [9.17, 15) is 14.3 Å². The molecule has 0 saturated carbocycles. The summed E-state index contributed by atoms with van der Waals surface area (Å²) >= 11 is 0. The Morgan fingerprint density at radius 1 is 1.20 bits per heavy atom. The Balaban J connectivity index is 0.00000231. The van der Waals surface area contributed by atoms with Gasteiger partial charge in [-0.2, -0.15) is 0 Å². The van der Waals surface area contributed by atoms with Gasteiger partial charge in [-0.3, -0.25) is 19.6 Å². The number of piperazine rings is 1. The number of carbonyl (C=O) groups is 1. The van der Waals surface area contributed by atoms with Crippen LogP contribution in [0.4, 0.5) is 10.1 Å². The number of aromatic nitrogens is 1. The van der Waals surface area contributed by atoms with Gasteiger partial charge in [-0.15, -0.1) is 24.8 Å². The number of fused-ring (bicyclic) bond motifs is 1. The van der Waals surface area contributed by atoms with Crippen molar-refractivity contribution in [2.24, 2.45) is 0 Å². The third kappa shape index (κ3) is 7.04. The van der Waals surface area contributed by atoms with E-state index in [1.54, 1.807) is 30.5 Å². The lowest BCUT2D eigenvalue weighted by Gasteiger charge is -2.46. The number of carbonyl (C=O) groups excluding carboxylic acids is 1. The molecular weight excluding hydrogens is 568 g/mol. The number of nitrogens with zero attached hydrogens (tertiary/aromatic N) is 4. The van der Waals surface area contributed by atoms with Gasteiger partial charge >= 0.3 is 0 Å². The molecule has 8 nitrogen and oxygen atoms in total. The largest absolute Gasteiger partial charge is 0.383 e.